The lowest BCUT2D eigenvalue weighted by Crippen LogP contribution is -2.19. The van der Waals surface area contributed by atoms with Crippen LogP contribution in [0.15, 0.2) is 34.3 Å². The van der Waals surface area contributed by atoms with Gasteiger partial charge in [0.2, 0.25) is 0 Å². The molecule has 0 aliphatic heterocycles. The quantitative estimate of drug-likeness (QED) is 0.888. The first-order valence-electron chi connectivity index (χ1n) is 6.90. The number of aromatic nitrogens is 3. The van der Waals surface area contributed by atoms with E-state index in [0.717, 1.165) is 24.1 Å². The fraction of sp³-hybridized carbons (Fsp3) is 0.467. The second kappa shape index (κ2) is 6.90. The molecule has 20 heavy (non-hydrogen) atoms. The summed E-state index contributed by atoms with van der Waals surface area (Å²) in [5, 5.41) is 12.7. The minimum Gasteiger partial charge on any atom is -0.312 e. The maximum absolute atomic E-state index is 4.22. The molecule has 0 atom stereocenters. The molecule has 0 bridgehead atoms. The fourth-order valence-electron chi connectivity index (χ4n) is 1.82. The van der Waals surface area contributed by atoms with Gasteiger partial charge in [-0.3, -0.25) is 0 Å². The van der Waals surface area contributed by atoms with Crippen molar-refractivity contribution in [2.75, 3.05) is 6.54 Å². The van der Waals surface area contributed by atoms with E-state index in [1.54, 1.807) is 11.8 Å². The maximum Gasteiger partial charge on any atom is 0.195 e. The summed E-state index contributed by atoms with van der Waals surface area (Å²) in [6, 6.07) is 8.45. The molecule has 5 heteroatoms. The van der Waals surface area contributed by atoms with E-state index in [0.29, 0.717) is 5.92 Å². The van der Waals surface area contributed by atoms with Crippen molar-refractivity contribution in [1.29, 1.82) is 0 Å². The molecule has 0 fully saturated rings. The molecule has 0 radical (unpaired) electrons. The van der Waals surface area contributed by atoms with Gasteiger partial charge in [-0.15, -0.1) is 10.2 Å². The van der Waals surface area contributed by atoms with E-state index < -0.39 is 0 Å². The van der Waals surface area contributed by atoms with Crippen LogP contribution >= 0.6 is 11.8 Å². The first-order valence-corrected chi connectivity index (χ1v) is 7.72. The number of aryl methyl sites for hydroxylation is 1. The predicted molar refractivity (Wildman–Crippen MR) is 82.8 cm³/mol. The standard InChI is InChI=1S/C15H22N4S/c1-11(2)9-16-10-13-7-5-6-8-14(13)20-15-18-17-12(3)19(15)4/h5-8,11,16H,9-10H2,1-4H3. The number of nitrogens with zero attached hydrogens (tertiary/aromatic N) is 3. The van der Waals surface area contributed by atoms with Gasteiger partial charge in [0.15, 0.2) is 5.16 Å². The van der Waals surface area contributed by atoms with Crippen molar-refractivity contribution in [1.82, 2.24) is 20.1 Å². The molecule has 108 valence electrons. The highest BCUT2D eigenvalue weighted by Crippen LogP contribution is 2.29. The van der Waals surface area contributed by atoms with Crippen molar-refractivity contribution >= 4 is 11.8 Å². The predicted octanol–water partition coefficient (Wildman–Crippen LogP) is 3.02. The minimum absolute atomic E-state index is 0.663. The average molecular weight is 290 g/mol. The molecule has 0 amide bonds. The van der Waals surface area contributed by atoms with Gasteiger partial charge in [0.05, 0.1) is 0 Å². The van der Waals surface area contributed by atoms with E-state index in [2.05, 4.69) is 53.6 Å². The summed E-state index contributed by atoms with van der Waals surface area (Å²) in [6.45, 7) is 8.32. The summed E-state index contributed by atoms with van der Waals surface area (Å²) in [6.07, 6.45) is 0. The van der Waals surface area contributed by atoms with Gasteiger partial charge < -0.3 is 9.88 Å². The average Bonchev–Trinajstić information content (AvgIpc) is 2.72. The van der Waals surface area contributed by atoms with Crippen LogP contribution < -0.4 is 5.32 Å². The van der Waals surface area contributed by atoms with Crippen LogP contribution in [0.4, 0.5) is 0 Å². The zero-order chi connectivity index (χ0) is 14.5. The van der Waals surface area contributed by atoms with E-state index in [1.165, 1.54) is 10.5 Å². The summed E-state index contributed by atoms with van der Waals surface area (Å²) in [5.41, 5.74) is 1.30. The van der Waals surface area contributed by atoms with Gasteiger partial charge in [-0.1, -0.05) is 32.0 Å². The molecular formula is C15H22N4S. The Morgan fingerprint density at radius 3 is 2.65 bits per heavy atom. The van der Waals surface area contributed by atoms with Crippen molar-refractivity contribution in [3.63, 3.8) is 0 Å². The van der Waals surface area contributed by atoms with E-state index in [-0.39, 0.29) is 0 Å². The van der Waals surface area contributed by atoms with Gasteiger partial charge in [0.1, 0.15) is 5.82 Å². The van der Waals surface area contributed by atoms with Crippen LogP contribution in [0.3, 0.4) is 0 Å². The molecule has 1 aromatic carbocycles. The molecule has 1 heterocycles. The Balaban J connectivity index is 2.09. The van der Waals surface area contributed by atoms with Crippen molar-refractivity contribution in [3.05, 3.63) is 35.7 Å². The van der Waals surface area contributed by atoms with E-state index >= 15 is 0 Å². The second-order valence-corrected chi connectivity index (χ2v) is 6.33. The van der Waals surface area contributed by atoms with Gasteiger partial charge in [-0.25, -0.2) is 0 Å². The molecule has 0 saturated heterocycles. The van der Waals surface area contributed by atoms with Crippen LogP contribution in [0.5, 0.6) is 0 Å². The normalized spacial score (nSPS) is 11.2. The Bertz CT molecular complexity index is 563. The highest BCUT2D eigenvalue weighted by molar-refractivity contribution is 7.99. The monoisotopic (exact) mass is 290 g/mol. The first kappa shape index (κ1) is 15.1. The summed E-state index contributed by atoms with van der Waals surface area (Å²) >= 11 is 1.67. The van der Waals surface area contributed by atoms with Crippen LogP contribution in [0.25, 0.3) is 0 Å². The molecule has 0 unspecified atom stereocenters. The number of hydrogen-bond donors (Lipinski definition) is 1. The van der Waals surface area contributed by atoms with Crippen LogP contribution in [-0.4, -0.2) is 21.3 Å². The molecule has 1 aromatic heterocycles. The van der Waals surface area contributed by atoms with Crippen molar-refractivity contribution in [2.24, 2.45) is 13.0 Å². The molecular weight excluding hydrogens is 268 g/mol. The summed E-state index contributed by atoms with van der Waals surface area (Å²) < 4.78 is 2.02. The molecule has 4 nitrogen and oxygen atoms in total. The van der Waals surface area contributed by atoms with Crippen LogP contribution in [0.1, 0.15) is 25.2 Å². The molecule has 0 saturated carbocycles. The molecule has 1 N–H and O–H groups in total. The van der Waals surface area contributed by atoms with Crippen LogP contribution in [0, 0.1) is 12.8 Å². The number of rotatable bonds is 6. The van der Waals surface area contributed by atoms with Gasteiger partial charge >= 0.3 is 0 Å². The molecule has 0 aliphatic carbocycles. The van der Waals surface area contributed by atoms with Crippen molar-refractivity contribution < 1.29 is 0 Å². The third kappa shape index (κ3) is 3.84. The molecule has 2 aromatic rings. The number of benzene rings is 1. The molecule has 2 rings (SSSR count). The van der Waals surface area contributed by atoms with E-state index in [4.69, 9.17) is 0 Å². The summed E-state index contributed by atoms with van der Waals surface area (Å²) in [5.74, 6) is 1.60. The van der Waals surface area contributed by atoms with Gasteiger partial charge in [-0.2, -0.15) is 0 Å². The summed E-state index contributed by atoms with van der Waals surface area (Å²) in [4.78, 5) is 1.24. The van der Waals surface area contributed by atoms with Gasteiger partial charge in [0, 0.05) is 18.5 Å². The number of hydrogen-bond acceptors (Lipinski definition) is 4. The lowest BCUT2D eigenvalue weighted by atomic mass is 10.2. The zero-order valence-corrected chi connectivity index (χ0v) is 13.4. The zero-order valence-electron chi connectivity index (χ0n) is 12.6. The van der Waals surface area contributed by atoms with Crippen LogP contribution in [-0.2, 0) is 13.6 Å². The second-order valence-electron chi connectivity index (χ2n) is 5.32. The van der Waals surface area contributed by atoms with E-state index in [1.807, 2.05) is 18.5 Å². The molecule has 0 aliphatic rings. The maximum atomic E-state index is 4.22. The Morgan fingerprint density at radius 2 is 2.00 bits per heavy atom. The molecule has 0 spiro atoms. The number of nitrogens with one attached hydrogen (secondary N) is 1. The van der Waals surface area contributed by atoms with E-state index in [9.17, 15) is 0 Å². The third-order valence-electron chi connectivity index (χ3n) is 3.09. The Hall–Kier alpha value is -1.33. The lowest BCUT2D eigenvalue weighted by Gasteiger charge is -2.11. The van der Waals surface area contributed by atoms with Gasteiger partial charge in [0.25, 0.3) is 0 Å². The smallest absolute Gasteiger partial charge is 0.195 e. The lowest BCUT2D eigenvalue weighted by molar-refractivity contribution is 0.550. The topological polar surface area (TPSA) is 42.7 Å². The highest BCUT2D eigenvalue weighted by atomic mass is 32.2. The minimum atomic E-state index is 0.663. The highest BCUT2D eigenvalue weighted by Gasteiger charge is 2.09. The Morgan fingerprint density at radius 1 is 1.25 bits per heavy atom. The Kier molecular flexibility index (Phi) is 5.20. The fourth-order valence-corrected chi connectivity index (χ4v) is 2.79. The van der Waals surface area contributed by atoms with Crippen molar-refractivity contribution in [3.8, 4) is 0 Å². The first-order chi connectivity index (χ1) is 9.58. The largest absolute Gasteiger partial charge is 0.312 e. The Labute approximate surface area is 125 Å². The van der Waals surface area contributed by atoms with Crippen molar-refractivity contribution in [2.45, 2.75) is 37.4 Å². The van der Waals surface area contributed by atoms with Crippen LogP contribution in [0.2, 0.25) is 0 Å². The summed E-state index contributed by atoms with van der Waals surface area (Å²) in [7, 11) is 2.00. The SMILES string of the molecule is Cc1nnc(Sc2ccccc2CNCC(C)C)n1C. The van der Waals surface area contributed by atoms with Gasteiger partial charge in [-0.05, 0) is 42.8 Å². The third-order valence-corrected chi connectivity index (χ3v) is 4.25.